The molecule has 0 unspecified atom stereocenters. The standard InChI is InChI=1S/C28H53P/c1-5-9-13-17-21-25-29(26-22-18-14-10-6-2,27-23-19-15-11-7-3)28-24-20-16-12-8-4/h5-8,29H,1-4,9-28H2. The molecular formula is C28H53P. The zero-order valence-corrected chi connectivity index (χ0v) is 20.8. The van der Waals surface area contributed by atoms with Crippen LogP contribution in [0.3, 0.4) is 0 Å². The van der Waals surface area contributed by atoms with Crippen molar-refractivity contribution >= 4 is 7.26 Å². The second-order valence-corrected chi connectivity index (χ2v) is 14.1. The van der Waals surface area contributed by atoms with Gasteiger partial charge in [0.2, 0.25) is 0 Å². The second-order valence-electron chi connectivity index (χ2n) is 9.05. The zero-order valence-electron chi connectivity index (χ0n) is 19.8. The first-order valence-electron chi connectivity index (χ1n) is 12.7. The average molecular weight is 421 g/mol. The van der Waals surface area contributed by atoms with Gasteiger partial charge in [0.1, 0.15) is 0 Å². The molecule has 0 atom stereocenters. The van der Waals surface area contributed by atoms with E-state index in [9.17, 15) is 0 Å². The van der Waals surface area contributed by atoms with Gasteiger partial charge in [-0.1, -0.05) is 0 Å². The first-order chi connectivity index (χ1) is 14.2. The molecule has 0 aromatic carbocycles. The summed E-state index contributed by atoms with van der Waals surface area (Å²) >= 11 is 0. The summed E-state index contributed by atoms with van der Waals surface area (Å²) in [6.45, 7) is 15.6. The number of allylic oxidation sites excluding steroid dienone is 4. The molecule has 0 aromatic heterocycles. The van der Waals surface area contributed by atoms with E-state index < -0.39 is 7.26 Å². The average Bonchev–Trinajstić information content (AvgIpc) is 2.73. The van der Waals surface area contributed by atoms with Crippen LogP contribution in [0.4, 0.5) is 0 Å². The Morgan fingerprint density at radius 2 is 0.586 bits per heavy atom. The van der Waals surface area contributed by atoms with Crippen molar-refractivity contribution in [1.29, 1.82) is 0 Å². The van der Waals surface area contributed by atoms with Gasteiger partial charge >= 0.3 is 185 Å². The number of hydrogen-bond donors (Lipinski definition) is 0. The van der Waals surface area contributed by atoms with Crippen LogP contribution in [0.5, 0.6) is 0 Å². The van der Waals surface area contributed by atoms with Crippen LogP contribution in [0.15, 0.2) is 50.6 Å². The summed E-state index contributed by atoms with van der Waals surface area (Å²) in [5, 5.41) is 0. The van der Waals surface area contributed by atoms with Gasteiger partial charge in [0.25, 0.3) is 0 Å². The van der Waals surface area contributed by atoms with Crippen LogP contribution in [0.2, 0.25) is 0 Å². The predicted molar refractivity (Wildman–Crippen MR) is 142 cm³/mol. The van der Waals surface area contributed by atoms with Gasteiger partial charge in [0, 0.05) is 0 Å². The van der Waals surface area contributed by atoms with Crippen molar-refractivity contribution in [2.75, 3.05) is 24.6 Å². The summed E-state index contributed by atoms with van der Waals surface area (Å²) in [5.74, 6) is 0. The Morgan fingerprint density at radius 3 is 0.793 bits per heavy atom. The Kier molecular flexibility index (Phi) is 21.6. The molecule has 0 spiro atoms. The molecule has 1 heteroatoms. The first-order valence-corrected chi connectivity index (χ1v) is 15.5. The SMILES string of the molecule is C=CCCCCC[PH](CCCCCC=C)(CCCCCC=C)CCCCCC=C. The van der Waals surface area contributed by atoms with Crippen molar-refractivity contribution in [3.63, 3.8) is 0 Å². The van der Waals surface area contributed by atoms with E-state index in [-0.39, 0.29) is 0 Å². The van der Waals surface area contributed by atoms with Crippen LogP contribution in [0.25, 0.3) is 0 Å². The molecule has 0 heterocycles. The third-order valence-corrected chi connectivity index (χ3v) is 12.1. The van der Waals surface area contributed by atoms with Gasteiger partial charge in [-0.05, 0) is 0 Å². The Bertz CT molecular complexity index is 318. The van der Waals surface area contributed by atoms with Gasteiger partial charge in [-0.15, -0.1) is 0 Å². The van der Waals surface area contributed by atoms with Gasteiger partial charge in [-0.25, -0.2) is 0 Å². The van der Waals surface area contributed by atoms with Crippen molar-refractivity contribution in [2.24, 2.45) is 0 Å². The van der Waals surface area contributed by atoms with Crippen LogP contribution in [0, 0.1) is 0 Å². The fourth-order valence-electron chi connectivity index (χ4n) is 4.61. The van der Waals surface area contributed by atoms with Crippen molar-refractivity contribution in [3.8, 4) is 0 Å². The van der Waals surface area contributed by atoms with Crippen molar-refractivity contribution < 1.29 is 0 Å². The number of rotatable bonds is 24. The van der Waals surface area contributed by atoms with E-state index in [1.807, 2.05) is 0 Å². The molecule has 0 nitrogen and oxygen atoms in total. The Balaban J connectivity index is 4.76. The molecule has 170 valence electrons. The molecule has 0 aliphatic heterocycles. The maximum absolute atomic E-state index is 3.89. The third-order valence-electron chi connectivity index (χ3n) is 6.46. The fourth-order valence-corrected chi connectivity index (χ4v) is 10.1. The monoisotopic (exact) mass is 420 g/mol. The van der Waals surface area contributed by atoms with Crippen molar-refractivity contribution in [3.05, 3.63) is 50.6 Å². The van der Waals surface area contributed by atoms with Gasteiger partial charge in [0.05, 0.1) is 0 Å². The van der Waals surface area contributed by atoms with Crippen LogP contribution >= 0.6 is 7.26 Å². The molecule has 29 heavy (non-hydrogen) atoms. The van der Waals surface area contributed by atoms with Gasteiger partial charge in [0.15, 0.2) is 0 Å². The molecule has 0 aliphatic rings. The Morgan fingerprint density at radius 1 is 0.345 bits per heavy atom. The van der Waals surface area contributed by atoms with Crippen LogP contribution in [-0.4, -0.2) is 24.6 Å². The Labute approximate surface area is 185 Å². The molecule has 0 saturated carbocycles. The second kappa shape index (κ2) is 22.1. The molecule has 0 aromatic rings. The van der Waals surface area contributed by atoms with Gasteiger partial charge < -0.3 is 0 Å². The summed E-state index contributed by atoms with van der Waals surface area (Å²) in [7, 11) is -1.14. The molecule has 0 aliphatic carbocycles. The third kappa shape index (κ3) is 17.9. The summed E-state index contributed by atoms with van der Waals surface area (Å²) in [5.41, 5.74) is 0. The summed E-state index contributed by atoms with van der Waals surface area (Å²) in [6.07, 6.45) is 36.3. The van der Waals surface area contributed by atoms with E-state index in [2.05, 4.69) is 50.6 Å². The molecule has 0 amide bonds. The van der Waals surface area contributed by atoms with Crippen LogP contribution in [-0.2, 0) is 0 Å². The molecule has 0 bridgehead atoms. The summed E-state index contributed by atoms with van der Waals surface area (Å²) < 4.78 is 0. The molecule has 0 fully saturated rings. The molecule has 0 N–H and O–H groups in total. The molecule has 0 saturated heterocycles. The number of unbranched alkanes of at least 4 members (excludes halogenated alkanes) is 12. The zero-order chi connectivity index (χ0) is 21.5. The molecular weight excluding hydrogens is 367 g/mol. The minimum absolute atomic E-state index is 1.14. The van der Waals surface area contributed by atoms with E-state index in [1.54, 1.807) is 24.6 Å². The molecule has 0 radical (unpaired) electrons. The maximum atomic E-state index is 3.89. The normalized spacial score (nSPS) is 11.9. The summed E-state index contributed by atoms with van der Waals surface area (Å²) in [6, 6.07) is 0. The quantitative estimate of drug-likeness (QED) is 0.0828. The summed E-state index contributed by atoms with van der Waals surface area (Å²) in [4.78, 5) is 0. The Hall–Kier alpha value is -0.610. The number of hydrogen-bond acceptors (Lipinski definition) is 0. The predicted octanol–water partition coefficient (Wildman–Crippen LogP) is 9.72. The van der Waals surface area contributed by atoms with E-state index in [4.69, 9.17) is 0 Å². The topological polar surface area (TPSA) is 0 Å². The van der Waals surface area contributed by atoms with Crippen LogP contribution in [0.1, 0.15) is 103 Å². The van der Waals surface area contributed by atoms with Crippen molar-refractivity contribution in [1.82, 2.24) is 0 Å². The van der Waals surface area contributed by atoms with Crippen molar-refractivity contribution in [2.45, 2.75) is 103 Å². The minimum atomic E-state index is -1.14. The first kappa shape index (κ1) is 28.4. The van der Waals surface area contributed by atoms with E-state index in [1.165, 1.54) is 103 Å². The van der Waals surface area contributed by atoms with E-state index in [0.717, 1.165) is 0 Å². The van der Waals surface area contributed by atoms with Gasteiger partial charge in [-0.3, -0.25) is 0 Å². The van der Waals surface area contributed by atoms with E-state index in [0.29, 0.717) is 0 Å². The van der Waals surface area contributed by atoms with E-state index >= 15 is 0 Å². The van der Waals surface area contributed by atoms with Crippen LogP contribution < -0.4 is 0 Å². The molecule has 0 rings (SSSR count). The fraction of sp³-hybridized carbons (Fsp3) is 0.714. The van der Waals surface area contributed by atoms with Gasteiger partial charge in [-0.2, -0.15) is 0 Å².